The number of urea groups is 1. The van der Waals surface area contributed by atoms with Gasteiger partial charge in [-0.25, -0.2) is 4.79 Å². The van der Waals surface area contributed by atoms with Gasteiger partial charge in [-0.05, 0) is 57.0 Å². The molecule has 0 spiro atoms. The monoisotopic (exact) mass is 319 g/mol. The van der Waals surface area contributed by atoms with E-state index in [1.807, 2.05) is 36.2 Å². The molecule has 0 bridgehead atoms. The molecule has 1 aliphatic rings. The van der Waals surface area contributed by atoms with E-state index in [4.69, 9.17) is 4.74 Å². The summed E-state index contributed by atoms with van der Waals surface area (Å²) in [5.74, 6) is 0.585. The van der Waals surface area contributed by atoms with Crippen LogP contribution in [0.2, 0.25) is 0 Å². The van der Waals surface area contributed by atoms with Crippen LogP contribution in [0.3, 0.4) is 0 Å². The van der Waals surface area contributed by atoms with E-state index in [1.165, 1.54) is 5.56 Å². The Hall–Kier alpha value is -2.08. The predicted molar refractivity (Wildman–Crippen MR) is 88.5 cm³/mol. The van der Waals surface area contributed by atoms with Crippen LogP contribution in [-0.2, 0) is 11.2 Å². The first-order valence-electron chi connectivity index (χ1n) is 7.98. The zero-order chi connectivity index (χ0) is 16.7. The summed E-state index contributed by atoms with van der Waals surface area (Å²) < 4.78 is 5.13. The number of rotatable bonds is 8. The summed E-state index contributed by atoms with van der Waals surface area (Å²) in [6, 6.07) is 7.87. The molecule has 2 N–H and O–H groups in total. The van der Waals surface area contributed by atoms with Gasteiger partial charge in [-0.15, -0.1) is 0 Å². The number of carbonyl (C=O) groups is 2. The Kier molecular flexibility index (Phi) is 6.40. The Morgan fingerprint density at radius 2 is 1.96 bits per heavy atom. The molecule has 1 saturated carbocycles. The van der Waals surface area contributed by atoms with Crippen molar-refractivity contribution >= 4 is 11.9 Å². The molecule has 1 fully saturated rings. The molecule has 126 valence electrons. The minimum absolute atomic E-state index is 0.223. The minimum Gasteiger partial charge on any atom is -0.497 e. The van der Waals surface area contributed by atoms with Crippen LogP contribution in [0.1, 0.15) is 24.8 Å². The number of hydrogen-bond donors (Lipinski definition) is 2. The van der Waals surface area contributed by atoms with Gasteiger partial charge in [-0.1, -0.05) is 12.1 Å². The lowest BCUT2D eigenvalue weighted by Gasteiger charge is -2.16. The number of benzene rings is 1. The van der Waals surface area contributed by atoms with Crippen LogP contribution in [-0.4, -0.2) is 50.1 Å². The Bertz CT molecular complexity index is 526. The third kappa shape index (κ3) is 6.69. The molecular formula is C17H25N3O3. The molecule has 2 rings (SSSR count). The van der Waals surface area contributed by atoms with Crippen LogP contribution < -0.4 is 15.4 Å². The predicted octanol–water partition coefficient (Wildman–Crippen LogP) is 1.55. The summed E-state index contributed by atoms with van der Waals surface area (Å²) in [5.41, 5.74) is 1.24. The number of amides is 3. The highest BCUT2D eigenvalue weighted by molar-refractivity contribution is 5.95. The summed E-state index contributed by atoms with van der Waals surface area (Å²) in [6.07, 6.45) is 3.91. The van der Waals surface area contributed by atoms with Crippen LogP contribution in [0.15, 0.2) is 24.3 Å². The second kappa shape index (κ2) is 8.53. The number of hydrogen-bond acceptors (Lipinski definition) is 4. The van der Waals surface area contributed by atoms with Crippen molar-refractivity contribution in [1.29, 1.82) is 0 Å². The molecule has 6 nitrogen and oxygen atoms in total. The molecule has 6 heteroatoms. The van der Waals surface area contributed by atoms with Crippen molar-refractivity contribution in [3.8, 4) is 5.75 Å². The minimum atomic E-state index is -0.385. The average Bonchev–Trinajstić information content (AvgIpc) is 3.31. The van der Waals surface area contributed by atoms with Gasteiger partial charge in [0.05, 0.1) is 13.7 Å². The zero-order valence-electron chi connectivity index (χ0n) is 13.8. The SMILES string of the molecule is COc1ccc(CCCN(C)CC(=O)NC(=O)NC2CC2)cc1. The van der Waals surface area contributed by atoms with Crippen molar-refractivity contribution in [2.75, 3.05) is 27.2 Å². The highest BCUT2D eigenvalue weighted by Crippen LogP contribution is 2.18. The molecule has 0 aliphatic heterocycles. The fourth-order valence-corrected chi connectivity index (χ4v) is 2.28. The standard InChI is InChI=1S/C17H25N3O3/c1-20(12-16(21)19-17(22)18-14-7-8-14)11-3-4-13-5-9-15(23-2)10-6-13/h5-6,9-10,14H,3-4,7-8,11-12H2,1-2H3,(H2,18,19,21,22). The van der Waals surface area contributed by atoms with Crippen molar-refractivity contribution in [3.05, 3.63) is 29.8 Å². The van der Waals surface area contributed by atoms with Gasteiger partial charge in [-0.2, -0.15) is 0 Å². The van der Waals surface area contributed by atoms with Gasteiger partial charge >= 0.3 is 6.03 Å². The maximum atomic E-state index is 11.7. The van der Waals surface area contributed by atoms with Crippen molar-refractivity contribution in [1.82, 2.24) is 15.5 Å². The Morgan fingerprint density at radius 1 is 1.26 bits per heavy atom. The van der Waals surface area contributed by atoms with E-state index >= 15 is 0 Å². The Morgan fingerprint density at radius 3 is 2.57 bits per heavy atom. The van der Waals surface area contributed by atoms with Crippen molar-refractivity contribution in [2.24, 2.45) is 0 Å². The number of methoxy groups -OCH3 is 1. The number of likely N-dealkylation sites (N-methyl/N-ethyl adjacent to an activating group) is 1. The number of carbonyl (C=O) groups excluding carboxylic acids is 2. The lowest BCUT2D eigenvalue weighted by Crippen LogP contribution is -2.44. The average molecular weight is 319 g/mol. The Labute approximate surface area is 137 Å². The molecule has 0 saturated heterocycles. The molecule has 0 unspecified atom stereocenters. The van der Waals surface area contributed by atoms with Gasteiger partial charge in [0.25, 0.3) is 0 Å². The molecule has 3 amide bonds. The van der Waals surface area contributed by atoms with Crippen molar-refractivity contribution < 1.29 is 14.3 Å². The highest BCUT2D eigenvalue weighted by atomic mass is 16.5. The number of nitrogens with zero attached hydrogens (tertiary/aromatic N) is 1. The summed E-state index contributed by atoms with van der Waals surface area (Å²) in [5, 5.41) is 5.09. The molecule has 0 aromatic heterocycles. The van der Waals surface area contributed by atoms with Gasteiger partial charge in [0.2, 0.25) is 5.91 Å². The summed E-state index contributed by atoms with van der Waals surface area (Å²) >= 11 is 0. The van der Waals surface area contributed by atoms with Gasteiger partial charge in [0.15, 0.2) is 0 Å². The van der Waals surface area contributed by atoms with Crippen molar-refractivity contribution in [3.63, 3.8) is 0 Å². The second-order valence-electron chi connectivity index (χ2n) is 5.99. The van der Waals surface area contributed by atoms with Gasteiger partial charge in [0, 0.05) is 6.04 Å². The van der Waals surface area contributed by atoms with E-state index in [1.54, 1.807) is 7.11 Å². The van der Waals surface area contributed by atoms with E-state index in [9.17, 15) is 9.59 Å². The van der Waals surface area contributed by atoms with E-state index in [0.717, 1.165) is 38.0 Å². The maximum absolute atomic E-state index is 11.7. The van der Waals surface area contributed by atoms with E-state index in [-0.39, 0.29) is 24.5 Å². The molecule has 0 radical (unpaired) electrons. The van der Waals surface area contributed by atoms with E-state index in [0.29, 0.717) is 0 Å². The van der Waals surface area contributed by atoms with E-state index in [2.05, 4.69) is 10.6 Å². The van der Waals surface area contributed by atoms with Gasteiger partial charge < -0.3 is 10.1 Å². The van der Waals surface area contributed by atoms with Crippen LogP contribution in [0.4, 0.5) is 4.79 Å². The summed E-state index contributed by atoms with van der Waals surface area (Å²) in [4.78, 5) is 25.1. The van der Waals surface area contributed by atoms with Gasteiger partial charge in [0.1, 0.15) is 5.75 Å². The Balaban J connectivity index is 1.60. The van der Waals surface area contributed by atoms with Gasteiger partial charge in [-0.3, -0.25) is 15.0 Å². The maximum Gasteiger partial charge on any atom is 0.321 e. The lowest BCUT2D eigenvalue weighted by molar-refractivity contribution is -0.120. The number of ether oxygens (including phenoxy) is 1. The fourth-order valence-electron chi connectivity index (χ4n) is 2.28. The fraction of sp³-hybridized carbons (Fsp3) is 0.529. The normalized spacial score (nSPS) is 13.7. The van der Waals surface area contributed by atoms with Crippen molar-refractivity contribution in [2.45, 2.75) is 31.7 Å². The number of imide groups is 1. The molecule has 23 heavy (non-hydrogen) atoms. The number of nitrogens with one attached hydrogen (secondary N) is 2. The van der Waals surface area contributed by atoms with Crippen LogP contribution in [0.25, 0.3) is 0 Å². The third-order valence-corrected chi connectivity index (χ3v) is 3.74. The molecule has 0 atom stereocenters. The first kappa shape index (κ1) is 17.3. The second-order valence-corrected chi connectivity index (χ2v) is 5.99. The largest absolute Gasteiger partial charge is 0.497 e. The first-order valence-corrected chi connectivity index (χ1v) is 7.98. The molecular weight excluding hydrogens is 294 g/mol. The molecule has 1 aromatic rings. The van der Waals surface area contributed by atoms with Crippen LogP contribution in [0.5, 0.6) is 5.75 Å². The molecule has 1 aliphatic carbocycles. The summed E-state index contributed by atoms with van der Waals surface area (Å²) in [6.45, 7) is 1.02. The highest BCUT2D eigenvalue weighted by Gasteiger charge is 2.23. The third-order valence-electron chi connectivity index (χ3n) is 3.74. The molecule has 1 aromatic carbocycles. The number of aryl methyl sites for hydroxylation is 1. The summed E-state index contributed by atoms with van der Waals surface area (Å²) in [7, 11) is 3.53. The lowest BCUT2D eigenvalue weighted by atomic mass is 10.1. The van der Waals surface area contributed by atoms with Crippen LogP contribution >= 0.6 is 0 Å². The topological polar surface area (TPSA) is 70.7 Å². The van der Waals surface area contributed by atoms with E-state index < -0.39 is 0 Å². The zero-order valence-corrected chi connectivity index (χ0v) is 13.8. The molecule has 0 heterocycles. The smallest absolute Gasteiger partial charge is 0.321 e. The quantitative estimate of drug-likeness (QED) is 0.763. The van der Waals surface area contributed by atoms with Crippen LogP contribution in [0, 0.1) is 0 Å². The first-order chi connectivity index (χ1) is 11.1.